The van der Waals surface area contributed by atoms with E-state index in [1.54, 1.807) is 12.1 Å². The van der Waals surface area contributed by atoms with Gasteiger partial charge in [0.15, 0.2) is 5.96 Å². The number of guanidine groups is 1. The van der Waals surface area contributed by atoms with Crippen molar-refractivity contribution in [2.24, 2.45) is 16.6 Å². The van der Waals surface area contributed by atoms with Gasteiger partial charge in [0.05, 0.1) is 13.0 Å². The minimum Gasteiger partial charge on any atom is -0.370 e. The van der Waals surface area contributed by atoms with E-state index in [-0.39, 0.29) is 48.2 Å². The zero-order valence-electron chi connectivity index (χ0n) is 15.9. The molecule has 0 fully saturated rings. The molecule has 1 aromatic rings. The van der Waals surface area contributed by atoms with E-state index in [9.17, 15) is 9.18 Å². The van der Waals surface area contributed by atoms with Crippen LogP contribution in [0, 0.1) is 11.7 Å². The summed E-state index contributed by atoms with van der Waals surface area (Å²) in [4.78, 5) is 16.0. The predicted octanol–water partition coefficient (Wildman–Crippen LogP) is 3.22. The quantitative estimate of drug-likeness (QED) is 0.209. The third-order valence-corrected chi connectivity index (χ3v) is 3.81. The maximum absolute atomic E-state index is 12.8. The van der Waals surface area contributed by atoms with E-state index in [0.717, 1.165) is 17.9 Å². The summed E-state index contributed by atoms with van der Waals surface area (Å²) < 4.78 is 12.8. The van der Waals surface area contributed by atoms with Crippen molar-refractivity contribution in [1.29, 1.82) is 0 Å². The van der Waals surface area contributed by atoms with E-state index in [0.29, 0.717) is 19.0 Å². The molecule has 0 aliphatic rings. The molecule has 1 amide bonds. The average Bonchev–Trinajstić information content (AvgIpc) is 2.53. The number of amides is 1. The molecule has 0 aliphatic heterocycles. The van der Waals surface area contributed by atoms with Crippen molar-refractivity contribution in [3.05, 3.63) is 35.6 Å². The zero-order chi connectivity index (χ0) is 18.7. The van der Waals surface area contributed by atoms with Crippen LogP contribution in [0.1, 0.15) is 45.6 Å². The predicted molar refractivity (Wildman–Crippen MR) is 116 cm³/mol. The second kappa shape index (κ2) is 13.8. The normalized spacial score (nSPS) is 12.4. The lowest BCUT2D eigenvalue weighted by Crippen LogP contribution is -2.39. The third kappa shape index (κ3) is 12.1. The lowest BCUT2D eigenvalue weighted by molar-refractivity contribution is -0.120. The highest BCUT2D eigenvalue weighted by atomic mass is 127. The maximum Gasteiger partial charge on any atom is 0.224 e. The molecular formula is C19H32FIN4O. The number of hydrogen-bond donors (Lipinski definition) is 3. The molecule has 4 N–H and O–H groups in total. The van der Waals surface area contributed by atoms with Gasteiger partial charge in [-0.2, -0.15) is 0 Å². The molecule has 0 saturated heterocycles. The topological polar surface area (TPSA) is 79.5 Å². The van der Waals surface area contributed by atoms with Gasteiger partial charge >= 0.3 is 0 Å². The lowest BCUT2D eigenvalue weighted by atomic mass is 10.0. The SMILES string of the molecule is CC(C)CCCC(C)NC(N)=NCCNC(=O)Cc1ccc(F)cc1.I. The molecule has 0 spiro atoms. The van der Waals surface area contributed by atoms with Crippen molar-refractivity contribution in [3.8, 4) is 0 Å². The summed E-state index contributed by atoms with van der Waals surface area (Å²) in [6.07, 6.45) is 3.66. The van der Waals surface area contributed by atoms with E-state index in [4.69, 9.17) is 5.73 Å². The van der Waals surface area contributed by atoms with Crippen molar-refractivity contribution in [2.45, 2.75) is 52.5 Å². The number of carbonyl (C=O) groups is 1. The first kappa shape index (κ1) is 24.6. The van der Waals surface area contributed by atoms with Crippen LogP contribution in [0.25, 0.3) is 0 Å². The molecule has 0 aromatic heterocycles. The average molecular weight is 478 g/mol. The van der Waals surface area contributed by atoms with Crippen LogP contribution in [-0.2, 0) is 11.2 Å². The molecule has 1 rings (SSSR count). The highest BCUT2D eigenvalue weighted by Crippen LogP contribution is 2.08. The summed E-state index contributed by atoms with van der Waals surface area (Å²) in [5.41, 5.74) is 6.63. The van der Waals surface area contributed by atoms with Crippen LogP contribution in [-0.4, -0.2) is 31.0 Å². The van der Waals surface area contributed by atoms with Crippen LogP contribution in [0.4, 0.5) is 4.39 Å². The fraction of sp³-hybridized carbons (Fsp3) is 0.579. The Bertz CT molecular complexity index is 549. The second-order valence-corrected chi connectivity index (χ2v) is 6.79. The molecule has 0 heterocycles. The fourth-order valence-electron chi connectivity index (χ4n) is 2.42. The Morgan fingerprint density at radius 2 is 1.85 bits per heavy atom. The molecule has 1 unspecified atom stereocenters. The number of benzene rings is 1. The number of aliphatic imine (C=N–C) groups is 1. The van der Waals surface area contributed by atoms with Crippen LogP contribution in [0.5, 0.6) is 0 Å². The van der Waals surface area contributed by atoms with Crippen molar-refractivity contribution in [1.82, 2.24) is 10.6 Å². The van der Waals surface area contributed by atoms with E-state index >= 15 is 0 Å². The van der Waals surface area contributed by atoms with Crippen LogP contribution in [0.15, 0.2) is 29.3 Å². The zero-order valence-corrected chi connectivity index (χ0v) is 18.3. The monoisotopic (exact) mass is 478 g/mol. The number of nitrogens with one attached hydrogen (secondary N) is 2. The first-order valence-electron chi connectivity index (χ1n) is 8.94. The second-order valence-electron chi connectivity index (χ2n) is 6.79. The fourth-order valence-corrected chi connectivity index (χ4v) is 2.42. The first-order valence-corrected chi connectivity index (χ1v) is 8.94. The molecule has 0 saturated carbocycles. The number of rotatable bonds is 10. The maximum atomic E-state index is 12.8. The van der Waals surface area contributed by atoms with E-state index in [1.807, 2.05) is 0 Å². The van der Waals surface area contributed by atoms with Gasteiger partial charge in [-0.25, -0.2) is 4.39 Å². The minimum absolute atomic E-state index is 0. The van der Waals surface area contributed by atoms with Gasteiger partial charge in [0, 0.05) is 12.6 Å². The van der Waals surface area contributed by atoms with Gasteiger partial charge in [-0.15, -0.1) is 24.0 Å². The van der Waals surface area contributed by atoms with E-state index in [2.05, 4.69) is 36.4 Å². The van der Waals surface area contributed by atoms with E-state index in [1.165, 1.54) is 25.0 Å². The van der Waals surface area contributed by atoms with E-state index < -0.39 is 0 Å². The molecule has 0 aliphatic carbocycles. The van der Waals surface area contributed by atoms with Crippen LogP contribution < -0.4 is 16.4 Å². The molecule has 0 radical (unpaired) electrons. The summed E-state index contributed by atoms with van der Waals surface area (Å²) >= 11 is 0. The van der Waals surface area contributed by atoms with Gasteiger partial charge < -0.3 is 16.4 Å². The largest absolute Gasteiger partial charge is 0.370 e. The molecule has 1 atom stereocenters. The Morgan fingerprint density at radius 3 is 2.46 bits per heavy atom. The summed E-state index contributed by atoms with van der Waals surface area (Å²) in [6.45, 7) is 7.38. The van der Waals surface area contributed by atoms with Gasteiger partial charge in [-0.1, -0.05) is 38.8 Å². The lowest BCUT2D eigenvalue weighted by Gasteiger charge is -2.15. The molecule has 0 bridgehead atoms. The van der Waals surface area contributed by atoms with Gasteiger partial charge in [0.2, 0.25) is 5.91 Å². The van der Waals surface area contributed by atoms with Gasteiger partial charge in [0.25, 0.3) is 0 Å². The Balaban J connectivity index is 0.00000625. The standard InChI is InChI=1S/C19H31FN4O.HI/c1-14(2)5-4-6-15(3)24-19(21)23-12-11-22-18(25)13-16-7-9-17(20)10-8-16;/h7-10,14-15H,4-6,11-13H2,1-3H3,(H,22,25)(H3,21,23,24);1H. The first-order chi connectivity index (χ1) is 11.9. The van der Waals surface area contributed by atoms with Crippen molar-refractivity contribution >= 4 is 35.8 Å². The Labute approximate surface area is 173 Å². The molecule has 1 aromatic carbocycles. The highest BCUT2D eigenvalue weighted by Gasteiger charge is 2.05. The summed E-state index contributed by atoms with van der Waals surface area (Å²) in [5.74, 6) is 0.705. The Hall–Kier alpha value is -1.38. The van der Waals surface area contributed by atoms with Crippen LogP contribution in [0.3, 0.4) is 0 Å². The summed E-state index contributed by atoms with van der Waals surface area (Å²) in [5, 5.41) is 5.94. The van der Waals surface area contributed by atoms with Crippen molar-refractivity contribution in [3.63, 3.8) is 0 Å². The number of nitrogens with two attached hydrogens (primary N) is 1. The Morgan fingerprint density at radius 1 is 1.19 bits per heavy atom. The van der Waals surface area contributed by atoms with Gasteiger partial charge in [0.1, 0.15) is 5.82 Å². The van der Waals surface area contributed by atoms with Crippen LogP contribution in [0.2, 0.25) is 0 Å². The molecular weight excluding hydrogens is 446 g/mol. The summed E-state index contributed by atoms with van der Waals surface area (Å²) in [6, 6.07) is 6.20. The Kier molecular flexibility index (Phi) is 13.0. The van der Waals surface area contributed by atoms with Crippen molar-refractivity contribution in [2.75, 3.05) is 13.1 Å². The summed E-state index contributed by atoms with van der Waals surface area (Å²) in [7, 11) is 0. The smallest absolute Gasteiger partial charge is 0.224 e. The number of hydrogen-bond acceptors (Lipinski definition) is 2. The highest BCUT2D eigenvalue weighted by molar-refractivity contribution is 14.0. The van der Waals surface area contributed by atoms with Crippen LogP contribution >= 0.6 is 24.0 Å². The molecule has 26 heavy (non-hydrogen) atoms. The number of halogens is 2. The number of nitrogens with zero attached hydrogens (tertiary/aromatic N) is 1. The molecule has 148 valence electrons. The molecule has 7 heteroatoms. The molecule has 5 nitrogen and oxygen atoms in total. The number of carbonyl (C=O) groups excluding carboxylic acids is 1. The third-order valence-electron chi connectivity index (χ3n) is 3.81. The minimum atomic E-state index is -0.306. The van der Waals surface area contributed by atoms with Crippen molar-refractivity contribution < 1.29 is 9.18 Å². The van der Waals surface area contributed by atoms with Gasteiger partial charge in [-0.05, 0) is 37.0 Å². The van der Waals surface area contributed by atoms with Gasteiger partial charge in [-0.3, -0.25) is 9.79 Å².